The Morgan fingerprint density at radius 1 is 0.921 bits per heavy atom. The molecule has 1 aliphatic rings. The van der Waals surface area contributed by atoms with Gasteiger partial charge in [-0.2, -0.15) is 0 Å². The fourth-order valence-electron chi connectivity index (χ4n) is 4.40. The second-order valence-corrected chi connectivity index (χ2v) is 12.5. The van der Waals surface area contributed by atoms with Gasteiger partial charge in [0.15, 0.2) is 0 Å². The molecule has 1 aliphatic heterocycles. The van der Waals surface area contributed by atoms with Gasteiger partial charge in [-0.1, -0.05) is 24.3 Å². The zero-order valence-corrected chi connectivity index (χ0v) is 22.0. The lowest BCUT2D eigenvalue weighted by Gasteiger charge is -2.24. The van der Waals surface area contributed by atoms with Gasteiger partial charge in [-0.15, -0.1) is 0 Å². The van der Waals surface area contributed by atoms with Crippen LogP contribution in [0.4, 0.5) is 11.4 Å². The van der Waals surface area contributed by atoms with Gasteiger partial charge in [-0.05, 0) is 79.6 Å². The van der Waals surface area contributed by atoms with Gasteiger partial charge in [-0.25, -0.2) is 21.6 Å². The molecule has 0 bridgehead atoms. The van der Waals surface area contributed by atoms with Crippen LogP contribution in [0.5, 0.6) is 0 Å². The summed E-state index contributed by atoms with van der Waals surface area (Å²) in [6.07, 6.45) is 2.07. The Morgan fingerprint density at radius 3 is 2.42 bits per heavy atom. The minimum absolute atomic E-state index is 0.00879. The van der Waals surface area contributed by atoms with Crippen LogP contribution in [-0.2, 0) is 33.0 Å². The molecule has 3 aromatic carbocycles. The van der Waals surface area contributed by atoms with Crippen molar-refractivity contribution in [2.24, 2.45) is 0 Å². The van der Waals surface area contributed by atoms with E-state index in [1.807, 2.05) is 19.1 Å². The van der Waals surface area contributed by atoms with Gasteiger partial charge >= 0.3 is 0 Å². The van der Waals surface area contributed by atoms with Crippen molar-refractivity contribution in [1.29, 1.82) is 0 Å². The maximum absolute atomic E-state index is 13.5. The number of nitrogens with zero attached hydrogens (tertiary/aromatic N) is 1. The molecule has 2 heterocycles. The maximum Gasteiger partial charge on any atom is 0.264 e. The van der Waals surface area contributed by atoms with Crippen LogP contribution in [0.15, 0.2) is 105 Å². The Morgan fingerprint density at radius 2 is 1.68 bits per heavy atom. The largest absolute Gasteiger partial charge is 0.468 e. The Labute approximate surface area is 221 Å². The molecular formula is C27H25N3O6S2. The minimum atomic E-state index is -3.90. The van der Waals surface area contributed by atoms with E-state index in [1.165, 1.54) is 59.1 Å². The highest BCUT2D eigenvalue weighted by Crippen LogP contribution is 2.36. The van der Waals surface area contributed by atoms with Crippen molar-refractivity contribution in [3.8, 4) is 0 Å². The first kappa shape index (κ1) is 25.7. The fourth-order valence-corrected chi connectivity index (χ4v) is 7.13. The van der Waals surface area contributed by atoms with E-state index >= 15 is 0 Å². The first-order chi connectivity index (χ1) is 18.1. The Bertz CT molecular complexity index is 1680. The third kappa shape index (κ3) is 5.08. The number of furan rings is 1. The maximum atomic E-state index is 13.5. The predicted octanol–water partition coefficient (Wildman–Crippen LogP) is 4.15. The number of hydrogen-bond acceptors (Lipinski definition) is 6. The zero-order valence-electron chi connectivity index (χ0n) is 20.4. The number of anilines is 2. The summed E-state index contributed by atoms with van der Waals surface area (Å²) in [5.41, 5.74) is 2.11. The van der Waals surface area contributed by atoms with Crippen LogP contribution < -0.4 is 14.3 Å². The Balaban J connectivity index is 1.30. The summed E-state index contributed by atoms with van der Waals surface area (Å²) in [4.78, 5) is 13.0. The van der Waals surface area contributed by atoms with E-state index in [4.69, 9.17) is 4.42 Å². The van der Waals surface area contributed by atoms with Crippen LogP contribution in [0.1, 0.15) is 28.6 Å². The number of hydrogen-bond donors (Lipinski definition) is 2. The standard InChI is InChI=1S/C27H25N3O6S2/c1-19-16-20-6-2-3-10-26(20)30(19)38(34,35)25-9-4-7-21(17-25)27(31)29-22-11-13-24(14-12-22)37(32,33)28-18-23-8-5-15-36-23/h2-15,17,19,28H,16,18H2,1H3,(H,29,31)/t19-/m1/s1. The molecule has 0 spiro atoms. The number of fused-ring (bicyclic) bond motifs is 1. The highest BCUT2D eigenvalue weighted by atomic mass is 32.2. The minimum Gasteiger partial charge on any atom is -0.468 e. The molecule has 0 aliphatic carbocycles. The number of para-hydroxylation sites is 1. The van der Waals surface area contributed by atoms with Gasteiger partial charge in [-0.3, -0.25) is 9.10 Å². The average Bonchev–Trinajstić information content (AvgIpc) is 3.55. The summed E-state index contributed by atoms with van der Waals surface area (Å²) in [6.45, 7) is 1.86. The summed E-state index contributed by atoms with van der Waals surface area (Å²) in [7, 11) is -7.68. The number of carbonyl (C=O) groups is 1. The van der Waals surface area contributed by atoms with E-state index in [1.54, 1.807) is 24.3 Å². The van der Waals surface area contributed by atoms with E-state index in [9.17, 15) is 21.6 Å². The molecule has 1 amide bonds. The summed E-state index contributed by atoms with van der Waals surface area (Å²) in [5, 5.41) is 2.69. The third-order valence-corrected chi connectivity index (χ3v) is 9.58. The van der Waals surface area contributed by atoms with Crippen LogP contribution in [0.3, 0.4) is 0 Å². The fraction of sp³-hybridized carbons (Fsp3) is 0.148. The van der Waals surface area contributed by atoms with Crippen LogP contribution in [0, 0.1) is 0 Å². The molecule has 2 N–H and O–H groups in total. The van der Waals surface area contributed by atoms with Crippen molar-refractivity contribution < 1.29 is 26.0 Å². The van der Waals surface area contributed by atoms with Crippen molar-refractivity contribution in [2.45, 2.75) is 35.7 Å². The quantitative estimate of drug-likeness (QED) is 0.339. The van der Waals surface area contributed by atoms with Gasteiger partial charge in [0.05, 0.1) is 28.3 Å². The van der Waals surface area contributed by atoms with Crippen molar-refractivity contribution in [1.82, 2.24) is 4.72 Å². The third-order valence-electron chi connectivity index (χ3n) is 6.24. The number of benzene rings is 3. The van der Waals surface area contributed by atoms with E-state index in [-0.39, 0.29) is 27.9 Å². The van der Waals surface area contributed by atoms with Gasteiger partial charge < -0.3 is 9.73 Å². The Hall–Kier alpha value is -3.93. The predicted molar refractivity (Wildman–Crippen MR) is 143 cm³/mol. The van der Waals surface area contributed by atoms with Gasteiger partial charge in [0.25, 0.3) is 15.9 Å². The zero-order chi connectivity index (χ0) is 26.9. The number of sulfonamides is 2. The highest BCUT2D eigenvalue weighted by Gasteiger charge is 2.36. The van der Waals surface area contributed by atoms with Crippen LogP contribution in [0.25, 0.3) is 0 Å². The topological polar surface area (TPSA) is 126 Å². The number of carbonyl (C=O) groups excluding carboxylic acids is 1. The van der Waals surface area contributed by atoms with E-state index in [0.29, 0.717) is 23.6 Å². The van der Waals surface area contributed by atoms with Crippen molar-refractivity contribution in [3.63, 3.8) is 0 Å². The number of nitrogens with one attached hydrogen (secondary N) is 2. The molecule has 0 saturated carbocycles. The summed E-state index contributed by atoms with van der Waals surface area (Å²) in [5.74, 6) is -0.0476. The average molecular weight is 552 g/mol. The molecule has 196 valence electrons. The van der Waals surface area contributed by atoms with Crippen molar-refractivity contribution >= 4 is 37.3 Å². The van der Waals surface area contributed by atoms with Gasteiger partial charge in [0.2, 0.25) is 10.0 Å². The van der Waals surface area contributed by atoms with Crippen molar-refractivity contribution in [2.75, 3.05) is 9.62 Å². The molecule has 5 rings (SSSR count). The van der Waals surface area contributed by atoms with Gasteiger partial charge in [0, 0.05) is 17.3 Å². The molecule has 4 aromatic rings. The SMILES string of the molecule is C[C@@H]1Cc2ccccc2N1S(=O)(=O)c1cccc(C(=O)Nc2ccc(S(=O)(=O)NCc3ccco3)cc2)c1. The van der Waals surface area contributed by atoms with E-state index < -0.39 is 26.0 Å². The first-order valence-electron chi connectivity index (χ1n) is 11.8. The molecular weight excluding hydrogens is 526 g/mol. The first-order valence-corrected chi connectivity index (χ1v) is 14.7. The van der Waals surface area contributed by atoms with Crippen molar-refractivity contribution in [3.05, 3.63) is 108 Å². The molecule has 11 heteroatoms. The number of amides is 1. The van der Waals surface area contributed by atoms with Gasteiger partial charge in [0.1, 0.15) is 5.76 Å². The van der Waals surface area contributed by atoms with Crippen LogP contribution in [0.2, 0.25) is 0 Å². The van der Waals surface area contributed by atoms with Crippen LogP contribution in [-0.4, -0.2) is 28.8 Å². The smallest absolute Gasteiger partial charge is 0.264 e. The van der Waals surface area contributed by atoms with Crippen LogP contribution >= 0.6 is 0 Å². The summed E-state index contributed by atoms with van der Waals surface area (Å²) >= 11 is 0. The molecule has 38 heavy (non-hydrogen) atoms. The molecule has 0 saturated heterocycles. The number of rotatable bonds is 8. The second kappa shape index (κ2) is 10.1. The molecule has 0 unspecified atom stereocenters. The normalized spacial score (nSPS) is 15.3. The molecule has 0 radical (unpaired) electrons. The second-order valence-electron chi connectivity index (χ2n) is 8.89. The molecule has 1 atom stereocenters. The lowest BCUT2D eigenvalue weighted by molar-refractivity contribution is 0.102. The molecule has 0 fully saturated rings. The molecule has 1 aromatic heterocycles. The summed E-state index contributed by atoms with van der Waals surface area (Å²) < 4.78 is 61.1. The lowest BCUT2D eigenvalue weighted by atomic mass is 10.1. The monoisotopic (exact) mass is 551 g/mol. The molecule has 9 nitrogen and oxygen atoms in total. The summed E-state index contributed by atoms with van der Waals surface area (Å²) in [6, 6.07) is 22.0. The van der Waals surface area contributed by atoms with E-state index in [0.717, 1.165) is 5.56 Å². The Kier molecular flexibility index (Phi) is 6.82. The van der Waals surface area contributed by atoms with E-state index in [2.05, 4.69) is 10.0 Å². The lowest BCUT2D eigenvalue weighted by Crippen LogP contribution is -2.35. The highest BCUT2D eigenvalue weighted by molar-refractivity contribution is 7.93.